The largest absolute Gasteiger partial charge is 0.477 e. The number of rotatable bonds is 71. The quantitative estimate of drug-likeness (QED) is 0.0211. The second-order valence-electron chi connectivity index (χ2n) is 26.9. The number of ether oxygens (including phenoxy) is 4. The molecule has 0 aliphatic rings. The molecule has 0 heterocycles. The summed E-state index contributed by atoms with van der Waals surface area (Å²) >= 11 is 0. The molecule has 0 aliphatic carbocycles. The molecular weight excluding hydrogens is 1150 g/mol. The lowest BCUT2D eigenvalue weighted by Crippen LogP contribution is -2.40. The van der Waals surface area contributed by atoms with Gasteiger partial charge in [-0.2, -0.15) is 0 Å². The average Bonchev–Trinajstić information content (AvgIpc) is 3.38. The molecule has 2 unspecified atom stereocenters. The van der Waals surface area contributed by atoms with Crippen molar-refractivity contribution in [1.29, 1.82) is 0 Å². The first-order chi connectivity index (χ1) is 45.6. The van der Waals surface area contributed by atoms with Crippen molar-refractivity contribution < 1.29 is 42.9 Å². The summed E-state index contributed by atoms with van der Waals surface area (Å²) in [5.41, 5.74) is 0. The predicted molar refractivity (Wildman–Crippen MR) is 401 cm³/mol. The molecule has 0 aliphatic heterocycles. The maximum absolute atomic E-state index is 13.0. The zero-order valence-corrected chi connectivity index (χ0v) is 61.1. The number of hydrogen-bond donors (Lipinski definition) is 1. The van der Waals surface area contributed by atoms with E-state index in [-0.39, 0.29) is 32.2 Å². The third-order valence-electron chi connectivity index (χ3n) is 16.7. The van der Waals surface area contributed by atoms with Gasteiger partial charge >= 0.3 is 17.9 Å². The molecule has 0 amide bonds. The molecule has 0 aromatic heterocycles. The van der Waals surface area contributed by atoms with E-state index >= 15 is 0 Å². The van der Waals surface area contributed by atoms with E-state index in [2.05, 4.69) is 135 Å². The summed E-state index contributed by atoms with van der Waals surface area (Å²) in [5, 5.41) is 9.76. The number of carboxylic acids is 1. The van der Waals surface area contributed by atoms with Crippen molar-refractivity contribution in [2.24, 2.45) is 0 Å². The van der Waals surface area contributed by atoms with E-state index in [9.17, 15) is 19.5 Å². The van der Waals surface area contributed by atoms with Crippen molar-refractivity contribution in [3.8, 4) is 0 Å². The van der Waals surface area contributed by atoms with Crippen LogP contribution in [-0.4, -0.2) is 87.4 Å². The van der Waals surface area contributed by atoms with E-state index in [1.54, 1.807) is 0 Å². The number of nitrogens with zero attached hydrogens (tertiary/aromatic N) is 1. The number of likely N-dealkylation sites (N-methyl/N-ethyl adjacent to an activating group) is 1. The van der Waals surface area contributed by atoms with Gasteiger partial charge in [0.2, 0.25) is 0 Å². The van der Waals surface area contributed by atoms with Crippen molar-refractivity contribution in [2.75, 3.05) is 47.5 Å². The number of hydrogen-bond acceptors (Lipinski definition) is 7. The van der Waals surface area contributed by atoms with Gasteiger partial charge in [0, 0.05) is 12.8 Å². The number of carbonyl (C=O) groups is 3. The maximum atomic E-state index is 13.0. The molecule has 0 aromatic rings. The molecule has 93 heavy (non-hydrogen) atoms. The van der Waals surface area contributed by atoms with Crippen LogP contribution in [0.25, 0.3) is 0 Å². The summed E-state index contributed by atoms with van der Waals surface area (Å²) < 4.78 is 23.0. The number of esters is 2. The van der Waals surface area contributed by atoms with Crippen LogP contribution < -0.4 is 0 Å². The summed E-state index contributed by atoms with van der Waals surface area (Å²) in [5.74, 6) is -2.02. The molecule has 0 rings (SSSR count). The Balaban J connectivity index is 4.08. The minimum Gasteiger partial charge on any atom is -0.477 e. The van der Waals surface area contributed by atoms with Crippen molar-refractivity contribution in [2.45, 2.75) is 347 Å². The average molecular weight is 1300 g/mol. The number of quaternary nitrogens is 1. The Morgan fingerprint density at radius 2 is 0.613 bits per heavy atom. The third kappa shape index (κ3) is 74.9. The Morgan fingerprint density at radius 1 is 0.333 bits per heavy atom. The fourth-order valence-electron chi connectivity index (χ4n) is 10.8. The van der Waals surface area contributed by atoms with Gasteiger partial charge in [0.05, 0.1) is 34.4 Å². The number of unbranched alkanes of at least 4 members (excludes halogenated alkanes) is 36. The normalized spacial score (nSPS) is 13.3. The molecule has 0 radical (unpaired) electrons. The van der Waals surface area contributed by atoms with Crippen LogP contribution in [0.15, 0.2) is 122 Å². The highest BCUT2D eigenvalue weighted by Crippen LogP contribution is 2.18. The monoisotopic (exact) mass is 1300 g/mol. The molecule has 9 heteroatoms. The molecule has 2 atom stereocenters. The van der Waals surface area contributed by atoms with Gasteiger partial charge < -0.3 is 28.5 Å². The highest BCUT2D eigenvalue weighted by Gasteiger charge is 2.25. The van der Waals surface area contributed by atoms with Crippen LogP contribution in [0, 0.1) is 0 Å². The van der Waals surface area contributed by atoms with E-state index in [0.717, 1.165) is 116 Å². The summed E-state index contributed by atoms with van der Waals surface area (Å²) in [6.45, 7) is 4.76. The van der Waals surface area contributed by atoms with E-state index in [0.29, 0.717) is 23.9 Å². The molecule has 0 bridgehead atoms. The third-order valence-corrected chi connectivity index (χ3v) is 16.7. The van der Waals surface area contributed by atoms with E-state index in [4.69, 9.17) is 18.9 Å². The van der Waals surface area contributed by atoms with Gasteiger partial charge in [-0.25, -0.2) is 4.79 Å². The summed E-state index contributed by atoms with van der Waals surface area (Å²) in [6.07, 6.45) is 102. The van der Waals surface area contributed by atoms with E-state index in [1.807, 2.05) is 21.1 Å². The number of carbonyl (C=O) groups excluding carboxylic acids is 2. The molecule has 0 saturated carbocycles. The Labute approximate surface area is 574 Å². The number of allylic oxidation sites excluding steroid dienone is 20. The maximum Gasteiger partial charge on any atom is 0.361 e. The van der Waals surface area contributed by atoms with Crippen molar-refractivity contribution in [3.63, 3.8) is 0 Å². The zero-order chi connectivity index (χ0) is 67.5. The first-order valence-corrected chi connectivity index (χ1v) is 38.7. The second-order valence-corrected chi connectivity index (χ2v) is 26.9. The summed E-state index contributed by atoms with van der Waals surface area (Å²) in [7, 11) is 5.97. The van der Waals surface area contributed by atoms with Gasteiger partial charge in [-0.3, -0.25) is 9.59 Å². The van der Waals surface area contributed by atoms with Crippen LogP contribution in [0.3, 0.4) is 0 Å². The fraction of sp³-hybridized carbons (Fsp3) is 0.726. The van der Waals surface area contributed by atoms with Crippen LogP contribution >= 0.6 is 0 Å². The van der Waals surface area contributed by atoms with Gasteiger partial charge in [-0.05, 0) is 109 Å². The zero-order valence-electron chi connectivity index (χ0n) is 61.1. The fourth-order valence-corrected chi connectivity index (χ4v) is 10.8. The van der Waals surface area contributed by atoms with E-state index < -0.39 is 24.3 Å². The second kappa shape index (κ2) is 73.5. The molecule has 0 saturated heterocycles. The molecule has 9 nitrogen and oxygen atoms in total. The van der Waals surface area contributed by atoms with Gasteiger partial charge in [0.15, 0.2) is 6.10 Å². The molecule has 534 valence electrons. The first kappa shape index (κ1) is 88.7. The SMILES string of the molecule is CC/C=C\C/C=C\C/C=C\C/C=C\C/C=C\C/C=C\C/C=C\C/C=C\CCCCCCCCC(=O)OC(COC(=O)CCCCCCCCCCCCCCCCCCCCCCCCCCC/C=C\C/C=C\CCCCCCC)COC(OCC[N+](C)(C)C)C(=O)O. The topological polar surface area (TPSA) is 108 Å². The van der Waals surface area contributed by atoms with Crippen molar-refractivity contribution in [1.82, 2.24) is 0 Å². The number of aliphatic carboxylic acids is 1. The lowest BCUT2D eigenvalue weighted by Gasteiger charge is -2.25. The highest BCUT2D eigenvalue weighted by molar-refractivity contribution is 5.71. The van der Waals surface area contributed by atoms with E-state index in [1.165, 1.54) is 186 Å². The Hall–Kier alpha value is -4.31. The predicted octanol–water partition coefficient (Wildman–Crippen LogP) is 24.7. The van der Waals surface area contributed by atoms with Crippen LogP contribution in [0.4, 0.5) is 0 Å². The lowest BCUT2D eigenvalue weighted by molar-refractivity contribution is -0.870. The van der Waals surface area contributed by atoms with Gasteiger partial charge in [0.1, 0.15) is 13.2 Å². The molecular formula is C84H146NO8+. The Kier molecular flexibility index (Phi) is 70.1. The minimum absolute atomic E-state index is 0.180. The molecule has 0 spiro atoms. The van der Waals surface area contributed by atoms with Crippen molar-refractivity contribution in [3.05, 3.63) is 122 Å². The summed E-state index contributed by atoms with van der Waals surface area (Å²) in [6, 6.07) is 0. The van der Waals surface area contributed by atoms with Crippen LogP contribution in [0.2, 0.25) is 0 Å². The standard InChI is InChI=1S/C84H145NO8/c1-6-8-10-12-14-16-18-20-22-24-26-28-30-32-34-36-38-39-40-41-42-43-45-46-48-50-52-54-56-58-60-62-64-66-68-70-72-74-81(86)91-78-80(79-92-84(83(88)89)90-77-76-85(3,4)5)93-82(87)75-73-71-69-67-65-63-61-59-57-55-53-51-49-47-44-37-35-33-31-29-27-25-23-21-19-17-15-13-11-9-7-2/h9,11,15,17-18,20-21,23-24,26-27,29,33,35,44,47,51,53,57,59,80,84H,6-8,10,12-14,16,19,22,25,28,30-32,34,36-43,45-46,48-50,52,54-56,58,60-79H2,1-5H3/p+1/b11-9-,17-15-,20-18-,23-21-,26-24-,29-27-,35-33-,47-44-,53-51-,59-57-. The Morgan fingerprint density at radius 3 is 0.914 bits per heavy atom. The minimum atomic E-state index is -1.52. The number of carboxylic acid groups (broad SMARTS) is 1. The van der Waals surface area contributed by atoms with Crippen molar-refractivity contribution >= 4 is 17.9 Å². The highest BCUT2D eigenvalue weighted by atomic mass is 16.7. The van der Waals surface area contributed by atoms with Crippen LogP contribution in [0.5, 0.6) is 0 Å². The summed E-state index contributed by atoms with van der Waals surface area (Å²) in [4.78, 5) is 37.7. The smallest absolute Gasteiger partial charge is 0.361 e. The van der Waals surface area contributed by atoms with Gasteiger partial charge in [-0.1, -0.05) is 334 Å². The van der Waals surface area contributed by atoms with Crippen LogP contribution in [0.1, 0.15) is 335 Å². The molecule has 0 aromatic carbocycles. The van der Waals surface area contributed by atoms with Gasteiger partial charge in [-0.15, -0.1) is 0 Å². The molecule has 1 N–H and O–H groups in total. The van der Waals surface area contributed by atoms with Crippen LogP contribution in [-0.2, 0) is 33.3 Å². The Bertz CT molecular complexity index is 1950. The molecule has 0 fully saturated rings. The lowest BCUT2D eigenvalue weighted by atomic mass is 10.0. The van der Waals surface area contributed by atoms with Gasteiger partial charge in [0.25, 0.3) is 6.29 Å². The first-order valence-electron chi connectivity index (χ1n) is 38.7.